The molecule has 0 saturated heterocycles. The first-order valence-corrected chi connectivity index (χ1v) is 4.61. The zero-order chi connectivity index (χ0) is 11.3. The number of ether oxygens (including phenoxy) is 1. The molecule has 0 rings (SSSR count). The average molecular weight is 201 g/mol. The number of hydrogen-bond acceptors (Lipinski definition) is 3. The van der Waals surface area contributed by atoms with Gasteiger partial charge in [-0.3, -0.25) is 5.41 Å². The molecule has 0 spiro atoms. The molecule has 82 valence electrons. The third-order valence-corrected chi connectivity index (χ3v) is 1.80. The van der Waals surface area contributed by atoms with Gasteiger partial charge in [-0.1, -0.05) is 0 Å². The Morgan fingerprint density at radius 1 is 1.50 bits per heavy atom. The topological polar surface area (TPSA) is 79.4 Å². The van der Waals surface area contributed by atoms with E-state index in [4.69, 9.17) is 15.9 Å². The first kappa shape index (κ1) is 12.7. The van der Waals surface area contributed by atoms with Crippen molar-refractivity contribution in [2.75, 3.05) is 7.05 Å². The van der Waals surface area contributed by atoms with Crippen molar-refractivity contribution in [2.24, 2.45) is 5.73 Å². The van der Waals surface area contributed by atoms with E-state index in [2.05, 4.69) is 0 Å². The van der Waals surface area contributed by atoms with Gasteiger partial charge in [-0.15, -0.1) is 0 Å². The Bertz CT molecular complexity index is 216. The van der Waals surface area contributed by atoms with Gasteiger partial charge in [-0.05, 0) is 20.8 Å². The van der Waals surface area contributed by atoms with Gasteiger partial charge in [0.25, 0.3) is 0 Å². The third-order valence-electron chi connectivity index (χ3n) is 1.80. The van der Waals surface area contributed by atoms with Crippen LogP contribution in [0, 0.1) is 5.41 Å². The summed E-state index contributed by atoms with van der Waals surface area (Å²) >= 11 is 0. The van der Waals surface area contributed by atoms with Crippen molar-refractivity contribution < 1.29 is 9.53 Å². The zero-order valence-corrected chi connectivity index (χ0v) is 9.20. The molecule has 1 atom stereocenters. The van der Waals surface area contributed by atoms with Crippen LogP contribution in [0.2, 0.25) is 0 Å². The minimum Gasteiger partial charge on any atom is -0.447 e. The molecule has 0 aromatic carbocycles. The molecule has 5 nitrogen and oxygen atoms in total. The van der Waals surface area contributed by atoms with Crippen LogP contribution in [0.5, 0.6) is 0 Å². The average Bonchev–Trinajstić information content (AvgIpc) is 2.00. The van der Waals surface area contributed by atoms with Crippen molar-refractivity contribution in [2.45, 2.75) is 39.3 Å². The third kappa shape index (κ3) is 4.69. The fourth-order valence-electron chi connectivity index (χ4n) is 0.920. The van der Waals surface area contributed by atoms with Gasteiger partial charge in [-0.2, -0.15) is 0 Å². The number of amidine groups is 1. The van der Waals surface area contributed by atoms with Gasteiger partial charge in [-0.25, -0.2) is 4.79 Å². The van der Waals surface area contributed by atoms with Gasteiger partial charge >= 0.3 is 6.09 Å². The monoisotopic (exact) mass is 201 g/mol. The minimum atomic E-state index is -0.381. The molecule has 0 aliphatic heterocycles. The molecular weight excluding hydrogens is 182 g/mol. The van der Waals surface area contributed by atoms with Gasteiger partial charge in [0.15, 0.2) is 0 Å². The van der Waals surface area contributed by atoms with E-state index < -0.39 is 0 Å². The molecule has 0 fully saturated rings. The molecule has 0 bridgehead atoms. The second-order valence-corrected chi connectivity index (χ2v) is 3.62. The summed E-state index contributed by atoms with van der Waals surface area (Å²) in [6, 6.07) is -0.112. The Morgan fingerprint density at radius 2 is 2.00 bits per heavy atom. The summed E-state index contributed by atoms with van der Waals surface area (Å²) in [4.78, 5) is 12.8. The van der Waals surface area contributed by atoms with Gasteiger partial charge in [0.2, 0.25) is 0 Å². The maximum absolute atomic E-state index is 11.4. The summed E-state index contributed by atoms with van der Waals surface area (Å²) in [6.07, 6.45) is -0.146. The number of nitrogens with one attached hydrogen (secondary N) is 1. The molecule has 3 N–H and O–H groups in total. The lowest BCUT2D eigenvalue weighted by molar-refractivity contribution is 0.0753. The standard InChI is InChI=1S/C9H19N3O2/c1-6(2)14-9(13)12(4)7(3)5-8(10)11/h6-7H,5H2,1-4H3,(H3,10,11). The Balaban J connectivity index is 4.10. The Hall–Kier alpha value is -1.26. The van der Waals surface area contributed by atoms with E-state index in [1.807, 2.05) is 6.92 Å². The van der Waals surface area contributed by atoms with E-state index in [0.29, 0.717) is 6.42 Å². The zero-order valence-electron chi connectivity index (χ0n) is 9.20. The normalized spacial score (nSPS) is 12.4. The van der Waals surface area contributed by atoms with Crippen LogP contribution in [0.1, 0.15) is 27.2 Å². The van der Waals surface area contributed by atoms with Crippen LogP contribution in [0.25, 0.3) is 0 Å². The lowest BCUT2D eigenvalue weighted by atomic mass is 10.2. The molecule has 5 heteroatoms. The van der Waals surface area contributed by atoms with Crippen molar-refractivity contribution in [1.29, 1.82) is 5.41 Å². The molecule has 0 aromatic heterocycles. The first-order valence-electron chi connectivity index (χ1n) is 4.61. The van der Waals surface area contributed by atoms with Crippen LogP contribution in [0.4, 0.5) is 4.79 Å². The second-order valence-electron chi connectivity index (χ2n) is 3.62. The van der Waals surface area contributed by atoms with Gasteiger partial charge in [0.05, 0.1) is 11.9 Å². The predicted molar refractivity (Wildman–Crippen MR) is 55.4 cm³/mol. The molecule has 0 aliphatic carbocycles. The summed E-state index contributed by atoms with van der Waals surface area (Å²) < 4.78 is 4.99. The van der Waals surface area contributed by atoms with Crippen molar-refractivity contribution >= 4 is 11.9 Å². The molecule has 0 aromatic rings. The second kappa shape index (κ2) is 5.47. The molecule has 1 amide bonds. The lowest BCUT2D eigenvalue weighted by Crippen LogP contribution is -2.38. The maximum atomic E-state index is 11.4. The highest BCUT2D eigenvalue weighted by atomic mass is 16.6. The molecule has 0 heterocycles. The Morgan fingerprint density at radius 3 is 2.36 bits per heavy atom. The largest absolute Gasteiger partial charge is 0.447 e. The number of nitrogens with two attached hydrogens (primary N) is 1. The van der Waals surface area contributed by atoms with Crippen LogP contribution < -0.4 is 5.73 Å². The quantitative estimate of drug-likeness (QED) is 0.529. The Labute approximate surface area is 84.7 Å². The lowest BCUT2D eigenvalue weighted by Gasteiger charge is -2.24. The summed E-state index contributed by atoms with van der Waals surface area (Å²) in [5, 5.41) is 7.10. The fraction of sp³-hybridized carbons (Fsp3) is 0.778. The highest BCUT2D eigenvalue weighted by molar-refractivity contribution is 5.78. The SMILES string of the molecule is CC(C)OC(=O)N(C)C(C)CC(=N)N. The van der Waals surface area contributed by atoms with E-state index in [-0.39, 0.29) is 24.1 Å². The van der Waals surface area contributed by atoms with Crippen LogP contribution in [0.15, 0.2) is 0 Å². The summed E-state index contributed by atoms with van der Waals surface area (Å²) in [5.74, 6) is 0.0710. The number of nitrogens with zero attached hydrogens (tertiary/aromatic N) is 1. The maximum Gasteiger partial charge on any atom is 0.410 e. The van der Waals surface area contributed by atoms with Crippen LogP contribution in [-0.2, 0) is 4.74 Å². The van der Waals surface area contributed by atoms with Crippen molar-refractivity contribution in [3.63, 3.8) is 0 Å². The van der Waals surface area contributed by atoms with Crippen molar-refractivity contribution in [1.82, 2.24) is 4.90 Å². The minimum absolute atomic E-state index is 0.0710. The van der Waals surface area contributed by atoms with Crippen molar-refractivity contribution in [3.8, 4) is 0 Å². The predicted octanol–water partition coefficient (Wildman–Crippen LogP) is 1.18. The van der Waals surface area contributed by atoms with Crippen LogP contribution >= 0.6 is 0 Å². The fourth-order valence-corrected chi connectivity index (χ4v) is 0.920. The van der Waals surface area contributed by atoms with Gasteiger partial charge < -0.3 is 15.4 Å². The number of hydrogen-bond donors (Lipinski definition) is 2. The number of carbonyl (C=O) groups is 1. The number of carbonyl (C=O) groups excluding carboxylic acids is 1. The van der Waals surface area contributed by atoms with E-state index in [0.717, 1.165) is 0 Å². The first-order chi connectivity index (χ1) is 6.34. The number of amides is 1. The van der Waals surface area contributed by atoms with E-state index in [9.17, 15) is 4.79 Å². The molecular formula is C9H19N3O2. The summed E-state index contributed by atoms with van der Waals surface area (Å²) in [7, 11) is 1.64. The van der Waals surface area contributed by atoms with Crippen molar-refractivity contribution in [3.05, 3.63) is 0 Å². The smallest absolute Gasteiger partial charge is 0.410 e. The van der Waals surface area contributed by atoms with E-state index >= 15 is 0 Å². The molecule has 0 aliphatic rings. The Kier molecular flexibility index (Phi) is 4.97. The highest BCUT2D eigenvalue weighted by Crippen LogP contribution is 2.04. The van der Waals surface area contributed by atoms with Gasteiger partial charge in [0, 0.05) is 19.5 Å². The van der Waals surface area contributed by atoms with Crippen LogP contribution in [0.3, 0.4) is 0 Å². The molecule has 14 heavy (non-hydrogen) atoms. The van der Waals surface area contributed by atoms with E-state index in [1.165, 1.54) is 4.90 Å². The van der Waals surface area contributed by atoms with E-state index in [1.54, 1.807) is 20.9 Å². The summed E-state index contributed by atoms with van der Waals surface area (Å²) in [5.41, 5.74) is 5.24. The highest BCUT2D eigenvalue weighted by Gasteiger charge is 2.18. The molecule has 0 radical (unpaired) electrons. The van der Waals surface area contributed by atoms with Gasteiger partial charge in [0.1, 0.15) is 0 Å². The molecule has 1 unspecified atom stereocenters. The summed E-state index contributed by atoms with van der Waals surface area (Å²) in [6.45, 7) is 5.41. The number of rotatable bonds is 4. The molecule has 0 saturated carbocycles. The van der Waals surface area contributed by atoms with Crippen LogP contribution in [-0.4, -0.2) is 36.0 Å².